The quantitative estimate of drug-likeness (QED) is 0.800. The van der Waals surface area contributed by atoms with Crippen LogP contribution >= 0.6 is 0 Å². The zero-order chi connectivity index (χ0) is 18.4. The zero-order valence-corrected chi connectivity index (χ0v) is 15.3. The maximum atomic E-state index is 12.4. The smallest absolute Gasteiger partial charge is 0.346 e. The molecule has 2 rings (SSSR count). The summed E-state index contributed by atoms with van der Waals surface area (Å²) in [5.74, 6) is 0.767. The summed E-state index contributed by atoms with van der Waals surface area (Å²) in [6.45, 7) is 4.04. The first-order chi connectivity index (χ1) is 12.0. The third kappa shape index (κ3) is 4.65. The van der Waals surface area contributed by atoms with Gasteiger partial charge in [0.15, 0.2) is 6.61 Å². The Balaban J connectivity index is 1.95. The van der Waals surface area contributed by atoms with Crippen molar-refractivity contribution in [1.29, 1.82) is 0 Å². The number of amides is 1. The summed E-state index contributed by atoms with van der Waals surface area (Å²) in [6.07, 6.45) is 3.26. The van der Waals surface area contributed by atoms with Crippen LogP contribution in [0.3, 0.4) is 0 Å². The van der Waals surface area contributed by atoms with E-state index in [1.807, 2.05) is 0 Å². The summed E-state index contributed by atoms with van der Waals surface area (Å²) in [4.78, 5) is 24.5. The molecule has 6 heteroatoms. The van der Waals surface area contributed by atoms with Crippen molar-refractivity contribution in [2.75, 3.05) is 20.8 Å². The Morgan fingerprint density at radius 2 is 1.76 bits per heavy atom. The minimum Gasteiger partial charge on any atom is -0.496 e. The molecule has 0 spiro atoms. The van der Waals surface area contributed by atoms with Gasteiger partial charge in [0, 0.05) is 6.04 Å². The summed E-state index contributed by atoms with van der Waals surface area (Å²) in [7, 11) is 2.92. The standard InChI is InChI=1S/C19H27NO5/c1-12-7-5-8-14(13(12)2)20-17(21)11-25-19(22)18-15(23-3)9-6-10-16(18)24-4/h6,9-10,12-14H,5,7-8,11H2,1-4H3,(H,20,21)/t12-,13-,14-/m0/s1. The van der Waals surface area contributed by atoms with Gasteiger partial charge in [-0.05, 0) is 30.4 Å². The minimum atomic E-state index is -0.644. The van der Waals surface area contributed by atoms with Gasteiger partial charge in [-0.15, -0.1) is 0 Å². The van der Waals surface area contributed by atoms with Gasteiger partial charge in [-0.1, -0.05) is 32.8 Å². The van der Waals surface area contributed by atoms with E-state index < -0.39 is 5.97 Å². The van der Waals surface area contributed by atoms with Crippen molar-refractivity contribution in [2.45, 2.75) is 39.2 Å². The number of benzene rings is 1. The average Bonchev–Trinajstić information content (AvgIpc) is 2.62. The molecule has 1 saturated carbocycles. The van der Waals surface area contributed by atoms with Crippen molar-refractivity contribution in [3.63, 3.8) is 0 Å². The fraction of sp³-hybridized carbons (Fsp3) is 0.579. The van der Waals surface area contributed by atoms with Gasteiger partial charge in [0.1, 0.15) is 17.1 Å². The largest absolute Gasteiger partial charge is 0.496 e. The molecule has 1 aliphatic rings. The molecule has 0 bridgehead atoms. The number of hydrogen-bond donors (Lipinski definition) is 1. The second kappa shape index (κ2) is 8.74. The molecule has 1 aromatic carbocycles. The average molecular weight is 349 g/mol. The van der Waals surface area contributed by atoms with E-state index in [1.54, 1.807) is 18.2 Å². The Bertz CT molecular complexity index is 594. The van der Waals surface area contributed by atoms with Crippen molar-refractivity contribution < 1.29 is 23.8 Å². The summed E-state index contributed by atoms with van der Waals surface area (Å²) >= 11 is 0. The number of carbonyl (C=O) groups is 2. The minimum absolute atomic E-state index is 0.135. The van der Waals surface area contributed by atoms with E-state index >= 15 is 0 Å². The third-order valence-electron chi connectivity index (χ3n) is 5.02. The molecule has 0 unspecified atom stereocenters. The van der Waals surface area contributed by atoms with Gasteiger partial charge in [-0.2, -0.15) is 0 Å². The van der Waals surface area contributed by atoms with E-state index in [9.17, 15) is 9.59 Å². The van der Waals surface area contributed by atoms with Crippen LogP contribution in [-0.2, 0) is 9.53 Å². The first-order valence-corrected chi connectivity index (χ1v) is 8.65. The second-order valence-corrected chi connectivity index (χ2v) is 6.55. The molecule has 0 radical (unpaired) electrons. The van der Waals surface area contributed by atoms with Crippen LogP contribution in [0.5, 0.6) is 11.5 Å². The van der Waals surface area contributed by atoms with Crippen molar-refractivity contribution >= 4 is 11.9 Å². The highest BCUT2D eigenvalue weighted by atomic mass is 16.5. The van der Waals surface area contributed by atoms with Crippen LogP contribution in [0.1, 0.15) is 43.5 Å². The molecule has 25 heavy (non-hydrogen) atoms. The topological polar surface area (TPSA) is 73.9 Å². The number of hydrogen-bond acceptors (Lipinski definition) is 5. The lowest BCUT2D eigenvalue weighted by molar-refractivity contribution is -0.125. The molecule has 1 fully saturated rings. The lowest BCUT2D eigenvalue weighted by Gasteiger charge is -2.34. The first-order valence-electron chi connectivity index (χ1n) is 8.65. The van der Waals surface area contributed by atoms with Gasteiger partial charge in [-0.25, -0.2) is 4.79 Å². The van der Waals surface area contributed by atoms with Crippen LogP contribution in [-0.4, -0.2) is 38.7 Å². The predicted molar refractivity (Wildman–Crippen MR) is 93.9 cm³/mol. The van der Waals surface area contributed by atoms with Crippen LogP contribution in [0, 0.1) is 11.8 Å². The van der Waals surface area contributed by atoms with Crippen LogP contribution in [0.25, 0.3) is 0 Å². The first kappa shape index (κ1) is 19.1. The van der Waals surface area contributed by atoms with Crippen LogP contribution < -0.4 is 14.8 Å². The van der Waals surface area contributed by atoms with E-state index in [1.165, 1.54) is 20.6 Å². The molecule has 0 aliphatic heterocycles. The summed E-state index contributed by atoms with van der Waals surface area (Å²) in [5, 5.41) is 2.98. The van der Waals surface area contributed by atoms with Gasteiger partial charge in [0.25, 0.3) is 5.91 Å². The number of carbonyl (C=O) groups excluding carboxylic acids is 2. The van der Waals surface area contributed by atoms with E-state index in [0.29, 0.717) is 23.3 Å². The molecule has 1 amide bonds. The molecular weight excluding hydrogens is 322 g/mol. The molecule has 0 saturated heterocycles. The Morgan fingerprint density at radius 3 is 2.36 bits per heavy atom. The van der Waals surface area contributed by atoms with Crippen molar-refractivity contribution in [2.24, 2.45) is 11.8 Å². The normalized spacial score (nSPS) is 22.8. The molecular formula is C19H27NO5. The molecule has 1 aromatic rings. The molecule has 138 valence electrons. The van der Waals surface area contributed by atoms with Crippen LogP contribution in [0.4, 0.5) is 0 Å². The van der Waals surface area contributed by atoms with E-state index in [2.05, 4.69) is 19.2 Å². The molecule has 3 atom stereocenters. The van der Waals surface area contributed by atoms with E-state index in [0.717, 1.165) is 12.8 Å². The molecule has 6 nitrogen and oxygen atoms in total. The van der Waals surface area contributed by atoms with E-state index in [4.69, 9.17) is 14.2 Å². The van der Waals surface area contributed by atoms with Crippen molar-refractivity contribution in [3.8, 4) is 11.5 Å². The number of methoxy groups -OCH3 is 2. The SMILES string of the molecule is COc1cccc(OC)c1C(=O)OCC(=O)N[C@H]1CCC[C@H](C)[C@@H]1C. The molecule has 1 N–H and O–H groups in total. The van der Waals surface area contributed by atoms with Gasteiger partial charge in [-0.3, -0.25) is 4.79 Å². The number of esters is 1. The maximum absolute atomic E-state index is 12.4. The number of rotatable bonds is 6. The van der Waals surface area contributed by atoms with Crippen LogP contribution in [0.2, 0.25) is 0 Å². The Morgan fingerprint density at radius 1 is 1.12 bits per heavy atom. The summed E-state index contributed by atoms with van der Waals surface area (Å²) in [5.41, 5.74) is 0.181. The Hall–Kier alpha value is -2.24. The van der Waals surface area contributed by atoms with Gasteiger partial charge in [0.2, 0.25) is 0 Å². The van der Waals surface area contributed by atoms with Gasteiger partial charge in [0.05, 0.1) is 14.2 Å². The highest BCUT2D eigenvalue weighted by Crippen LogP contribution is 2.30. The number of nitrogens with one attached hydrogen (secondary N) is 1. The van der Waals surface area contributed by atoms with Gasteiger partial charge < -0.3 is 19.5 Å². The fourth-order valence-electron chi connectivity index (χ4n) is 3.29. The highest BCUT2D eigenvalue weighted by Gasteiger charge is 2.28. The molecule has 0 heterocycles. The monoisotopic (exact) mass is 349 g/mol. The molecule has 1 aliphatic carbocycles. The van der Waals surface area contributed by atoms with E-state index in [-0.39, 0.29) is 24.1 Å². The Labute approximate surface area is 148 Å². The zero-order valence-electron chi connectivity index (χ0n) is 15.3. The van der Waals surface area contributed by atoms with Crippen LogP contribution in [0.15, 0.2) is 18.2 Å². The Kier molecular flexibility index (Phi) is 6.67. The lowest BCUT2D eigenvalue weighted by atomic mass is 9.78. The molecule has 0 aromatic heterocycles. The second-order valence-electron chi connectivity index (χ2n) is 6.55. The summed E-state index contributed by atoms with van der Waals surface area (Å²) in [6, 6.07) is 5.14. The predicted octanol–water partition coefficient (Wildman–Crippen LogP) is 2.80. The fourth-order valence-corrected chi connectivity index (χ4v) is 3.29. The van der Waals surface area contributed by atoms with Gasteiger partial charge >= 0.3 is 5.97 Å². The maximum Gasteiger partial charge on any atom is 0.346 e. The third-order valence-corrected chi connectivity index (χ3v) is 5.02. The van der Waals surface area contributed by atoms with Crippen molar-refractivity contribution in [3.05, 3.63) is 23.8 Å². The van der Waals surface area contributed by atoms with Crippen molar-refractivity contribution in [1.82, 2.24) is 5.32 Å². The lowest BCUT2D eigenvalue weighted by Crippen LogP contribution is -2.45. The number of ether oxygens (including phenoxy) is 3. The highest BCUT2D eigenvalue weighted by molar-refractivity contribution is 5.96. The summed E-state index contributed by atoms with van der Waals surface area (Å²) < 4.78 is 15.5.